The Bertz CT molecular complexity index is 394. The Kier molecular flexibility index (Phi) is 5.22. The minimum Gasteiger partial charge on any atom is -0.271 e. The second-order valence-corrected chi connectivity index (χ2v) is 7.27. The van der Waals surface area contributed by atoms with Crippen LogP contribution in [0.5, 0.6) is 0 Å². The molecule has 112 valence electrons. The zero-order chi connectivity index (χ0) is 14.6. The standard InChI is InChI=1S/C18H30N2/c1-18(2,3)16-12-10-15(11-13-16)17(20-19)14-8-6-4-5-7-9-14/h10-14,17,20H,4-9,19H2,1-3H3. The Hall–Kier alpha value is -0.860. The quantitative estimate of drug-likeness (QED) is 0.485. The van der Waals surface area contributed by atoms with Crippen molar-refractivity contribution in [1.29, 1.82) is 0 Å². The van der Waals surface area contributed by atoms with Gasteiger partial charge in [0.15, 0.2) is 0 Å². The average Bonchev–Trinajstić information content (AvgIpc) is 2.68. The fraction of sp³-hybridized carbons (Fsp3) is 0.667. The van der Waals surface area contributed by atoms with Gasteiger partial charge in [-0.15, -0.1) is 0 Å². The van der Waals surface area contributed by atoms with Crippen LogP contribution in [0.1, 0.15) is 76.5 Å². The first kappa shape index (κ1) is 15.5. The molecule has 0 spiro atoms. The van der Waals surface area contributed by atoms with E-state index in [0.717, 1.165) is 0 Å². The molecule has 0 saturated heterocycles. The molecule has 0 radical (unpaired) electrons. The Morgan fingerprint density at radius 3 is 2.00 bits per heavy atom. The smallest absolute Gasteiger partial charge is 0.0488 e. The van der Waals surface area contributed by atoms with Crippen LogP contribution in [0.3, 0.4) is 0 Å². The van der Waals surface area contributed by atoms with E-state index in [1.54, 1.807) is 0 Å². The minimum atomic E-state index is 0.215. The van der Waals surface area contributed by atoms with Crippen molar-refractivity contribution < 1.29 is 0 Å². The number of nitrogens with one attached hydrogen (secondary N) is 1. The van der Waals surface area contributed by atoms with Crippen molar-refractivity contribution in [2.45, 2.75) is 70.8 Å². The molecule has 0 aliphatic heterocycles. The van der Waals surface area contributed by atoms with E-state index >= 15 is 0 Å². The summed E-state index contributed by atoms with van der Waals surface area (Å²) in [6.45, 7) is 6.77. The van der Waals surface area contributed by atoms with E-state index in [2.05, 4.69) is 50.5 Å². The molecule has 0 bridgehead atoms. The number of benzene rings is 1. The molecular weight excluding hydrogens is 244 g/mol. The first-order valence-electron chi connectivity index (χ1n) is 8.09. The summed E-state index contributed by atoms with van der Waals surface area (Å²) >= 11 is 0. The molecule has 1 aliphatic rings. The van der Waals surface area contributed by atoms with Crippen LogP contribution < -0.4 is 11.3 Å². The van der Waals surface area contributed by atoms with Gasteiger partial charge >= 0.3 is 0 Å². The summed E-state index contributed by atoms with van der Waals surface area (Å²) < 4.78 is 0. The van der Waals surface area contributed by atoms with Gasteiger partial charge in [-0.3, -0.25) is 11.3 Å². The maximum atomic E-state index is 5.86. The van der Waals surface area contributed by atoms with Gasteiger partial charge in [0.2, 0.25) is 0 Å². The van der Waals surface area contributed by atoms with Crippen LogP contribution in [0.25, 0.3) is 0 Å². The zero-order valence-corrected chi connectivity index (χ0v) is 13.3. The molecule has 20 heavy (non-hydrogen) atoms. The van der Waals surface area contributed by atoms with Gasteiger partial charge < -0.3 is 0 Å². The topological polar surface area (TPSA) is 38.0 Å². The molecular formula is C18H30N2. The summed E-state index contributed by atoms with van der Waals surface area (Å²) in [6.07, 6.45) is 8.07. The van der Waals surface area contributed by atoms with Gasteiger partial charge in [-0.2, -0.15) is 0 Å². The molecule has 1 aliphatic carbocycles. The third-order valence-electron chi connectivity index (χ3n) is 4.69. The van der Waals surface area contributed by atoms with Crippen molar-refractivity contribution in [2.24, 2.45) is 11.8 Å². The van der Waals surface area contributed by atoms with Crippen molar-refractivity contribution in [3.05, 3.63) is 35.4 Å². The van der Waals surface area contributed by atoms with Gasteiger partial charge in [-0.1, -0.05) is 70.7 Å². The largest absolute Gasteiger partial charge is 0.271 e. The van der Waals surface area contributed by atoms with Crippen molar-refractivity contribution in [3.8, 4) is 0 Å². The van der Waals surface area contributed by atoms with E-state index in [9.17, 15) is 0 Å². The van der Waals surface area contributed by atoms with E-state index in [4.69, 9.17) is 5.84 Å². The number of hydrogen-bond acceptors (Lipinski definition) is 2. The molecule has 0 aromatic heterocycles. The van der Waals surface area contributed by atoms with E-state index in [1.807, 2.05) is 0 Å². The van der Waals surface area contributed by atoms with Crippen molar-refractivity contribution in [1.82, 2.24) is 5.43 Å². The molecule has 0 amide bonds. The van der Waals surface area contributed by atoms with Gasteiger partial charge in [0.05, 0.1) is 0 Å². The van der Waals surface area contributed by atoms with Crippen LogP contribution in [-0.2, 0) is 5.41 Å². The fourth-order valence-electron chi connectivity index (χ4n) is 3.34. The maximum Gasteiger partial charge on any atom is 0.0488 e. The maximum absolute atomic E-state index is 5.86. The zero-order valence-electron chi connectivity index (χ0n) is 13.3. The van der Waals surface area contributed by atoms with Crippen LogP contribution >= 0.6 is 0 Å². The predicted octanol–water partition coefficient (Wildman–Crippen LogP) is 4.46. The summed E-state index contributed by atoms with van der Waals surface area (Å²) in [7, 11) is 0. The highest BCUT2D eigenvalue weighted by Crippen LogP contribution is 2.34. The molecule has 1 saturated carbocycles. The molecule has 0 heterocycles. The molecule has 1 unspecified atom stereocenters. The summed E-state index contributed by atoms with van der Waals surface area (Å²) in [6, 6.07) is 9.35. The van der Waals surface area contributed by atoms with Crippen molar-refractivity contribution in [2.75, 3.05) is 0 Å². The Balaban J connectivity index is 2.14. The molecule has 3 N–H and O–H groups in total. The average molecular weight is 274 g/mol. The van der Waals surface area contributed by atoms with Gasteiger partial charge in [0.1, 0.15) is 0 Å². The van der Waals surface area contributed by atoms with Crippen LogP contribution in [0.2, 0.25) is 0 Å². The van der Waals surface area contributed by atoms with Crippen LogP contribution in [0.4, 0.5) is 0 Å². The van der Waals surface area contributed by atoms with E-state index in [0.29, 0.717) is 12.0 Å². The highest BCUT2D eigenvalue weighted by atomic mass is 15.2. The second kappa shape index (κ2) is 6.73. The first-order valence-corrected chi connectivity index (χ1v) is 8.09. The lowest BCUT2D eigenvalue weighted by atomic mass is 9.83. The van der Waals surface area contributed by atoms with Crippen LogP contribution in [0.15, 0.2) is 24.3 Å². The minimum absolute atomic E-state index is 0.215. The second-order valence-electron chi connectivity index (χ2n) is 7.27. The summed E-state index contributed by atoms with van der Waals surface area (Å²) in [5.74, 6) is 6.54. The Morgan fingerprint density at radius 1 is 1.00 bits per heavy atom. The highest BCUT2D eigenvalue weighted by molar-refractivity contribution is 5.29. The van der Waals surface area contributed by atoms with Gasteiger partial charge in [-0.25, -0.2) is 0 Å². The number of nitrogens with two attached hydrogens (primary N) is 1. The SMILES string of the molecule is CC(C)(C)c1ccc(C(NN)C2CCCCCC2)cc1. The third kappa shape index (κ3) is 3.83. The van der Waals surface area contributed by atoms with E-state index in [-0.39, 0.29) is 5.41 Å². The molecule has 1 aromatic carbocycles. The summed E-state index contributed by atoms with van der Waals surface area (Å²) in [5.41, 5.74) is 6.02. The lowest BCUT2D eigenvalue weighted by molar-refractivity contribution is 0.329. The van der Waals surface area contributed by atoms with Crippen molar-refractivity contribution in [3.63, 3.8) is 0 Å². The fourth-order valence-corrected chi connectivity index (χ4v) is 3.34. The molecule has 2 heteroatoms. The third-order valence-corrected chi connectivity index (χ3v) is 4.69. The lowest BCUT2D eigenvalue weighted by Crippen LogP contribution is -2.33. The highest BCUT2D eigenvalue weighted by Gasteiger charge is 2.23. The molecule has 1 aromatic rings. The van der Waals surface area contributed by atoms with Crippen molar-refractivity contribution >= 4 is 0 Å². The molecule has 1 fully saturated rings. The number of rotatable bonds is 3. The normalized spacial score (nSPS) is 19.6. The predicted molar refractivity (Wildman–Crippen MR) is 86.4 cm³/mol. The number of hydrazine groups is 1. The van der Waals surface area contributed by atoms with Gasteiger partial charge in [0, 0.05) is 6.04 Å². The van der Waals surface area contributed by atoms with E-state index in [1.165, 1.54) is 49.7 Å². The summed E-state index contributed by atoms with van der Waals surface area (Å²) in [5, 5.41) is 0. The van der Waals surface area contributed by atoms with E-state index < -0.39 is 0 Å². The molecule has 2 nitrogen and oxygen atoms in total. The van der Waals surface area contributed by atoms with Gasteiger partial charge in [-0.05, 0) is 35.3 Å². The van der Waals surface area contributed by atoms with Crippen LogP contribution in [-0.4, -0.2) is 0 Å². The molecule has 2 rings (SSSR count). The van der Waals surface area contributed by atoms with Gasteiger partial charge in [0.25, 0.3) is 0 Å². The Morgan fingerprint density at radius 2 is 1.55 bits per heavy atom. The lowest BCUT2D eigenvalue weighted by Gasteiger charge is -2.27. The number of hydrogen-bond donors (Lipinski definition) is 2. The van der Waals surface area contributed by atoms with Crippen LogP contribution in [0, 0.1) is 5.92 Å². The summed E-state index contributed by atoms with van der Waals surface area (Å²) in [4.78, 5) is 0. The monoisotopic (exact) mass is 274 g/mol. The first-order chi connectivity index (χ1) is 9.52. The Labute approximate surface area is 124 Å². The molecule has 1 atom stereocenters.